The SMILES string of the molecule is O=C(OCCCCCCCCCCOC(=O)c1ccc(O)cc1)c1ccc(O)cc1. The van der Waals surface area contributed by atoms with E-state index in [2.05, 4.69) is 0 Å². The number of unbranched alkanes of at least 4 members (excludes halogenated alkanes) is 7. The Labute approximate surface area is 177 Å². The summed E-state index contributed by atoms with van der Waals surface area (Å²) in [4.78, 5) is 23.6. The van der Waals surface area contributed by atoms with Gasteiger partial charge in [0.25, 0.3) is 0 Å². The molecular weight excluding hydrogens is 384 g/mol. The van der Waals surface area contributed by atoms with Crippen LogP contribution in [0.5, 0.6) is 11.5 Å². The molecule has 30 heavy (non-hydrogen) atoms. The maximum atomic E-state index is 11.8. The topological polar surface area (TPSA) is 93.1 Å². The molecule has 0 aliphatic heterocycles. The van der Waals surface area contributed by atoms with E-state index in [-0.39, 0.29) is 23.4 Å². The van der Waals surface area contributed by atoms with Gasteiger partial charge in [0.1, 0.15) is 11.5 Å². The van der Waals surface area contributed by atoms with E-state index in [1.54, 1.807) is 24.3 Å². The predicted octanol–water partition coefficient (Wildman–Crippen LogP) is 5.23. The third-order valence-electron chi connectivity index (χ3n) is 4.71. The van der Waals surface area contributed by atoms with Crippen LogP contribution in [0.2, 0.25) is 0 Å². The van der Waals surface area contributed by atoms with Crippen molar-refractivity contribution in [1.82, 2.24) is 0 Å². The summed E-state index contributed by atoms with van der Waals surface area (Å²) in [5.41, 5.74) is 0.892. The Morgan fingerprint density at radius 3 is 1.17 bits per heavy atom. The average molecular weight is 414 g/mol. The molecule has 0 spiro atoms. The number of hydrogen-bond donors (Lipinski definition) is 2. The molecule has 0 saturated carbocycles. The van der Waals surface area contributed by atoms with E-state index < -0.39 is 0 Å². The van der Waals surface area contributed by atoms with E-state index in [0.717, 1.165) is 51.4 Å². The Kier molecular flexibility index (Phi) is 10.3. The number of carbonyl (C=O) groups excluding carboxylic acids is 2. The summed E-state index contributed by atoms with van der Waals surface area (Å²) in [6, 6.07) is 12.1. The molecule has 162 valence electrons. The molecule has 2 aromatic rings. The van der Waals surface area contributed by atoms with Crippen LogP contribution in [-0.4, -0.2) is 35.4 Å². The first-order chi connectivity index (χ1) is 14.6. The van der Waals surface area contributed by atoms with E-state index in [1.165, 1.54) is 24.3 Å². The van der Waals surface area contributed by atoms with Gasteiger partial charge in [-0.05, 0) is 61.4 Å². The molecule has 0 fully saturated rings. The number of phenols is 2. The van der Waals surface area contributed by atoms with Crippen molar-refractivity contribution < 1.29 is 29.3 Å². The largest absolute Gasteiger partial charge is 0.508 e. The van der Waals surface area contributed by atoms with Crippen molar-refractivity contribution in [3.8, 4) is 11.5 Å². The Balaban J connectivity index is 1.39. The molecule has 0 heterocycles. The minimum Gasteiger partial charge on any atom is -0.508 e. The highest BCUT2D eigenvalue weighted by molar-refractivity contribution is 5.89. The van der Waals surface area contributed by atoms with Gasteiger partial charge in [0, 0.05) is 0 Å². The second-order valence-corrected chi connectivity index (χ2v) is 7.19. The van der Waals surface area contributed by atoms with E-state index in [1.807, 2.05) is 0 Å². The number of aromatic hydroxyl groups is 2. The molecule has 2 N–H and O–H groups in total. The third-order valence-corrected chi connectivity index (χ3v) is 4.71. The second kappa shape index (κ2) is 13.2. The number of carbonyl (C=O) groups is 2. The van der Waals surface area contributed by atoms with Crippen LogP contribution in [-0.2, 0) is 9.47 Å². The fraction of sp³-hybridized carbons (Fsp3) is 0.417. The molecule has 0 amide bonds. The van der Waals surface area contributed by atoms with Crippen molar-refractivity contribution >= 4 is 11.9 Å². The molecule has 0 unspecified atom stereocenters. The van der Waals surface area contributed by atoms with E-state index in [0.29, 0.717) is 24.3 Å². The molecule has 0 aromatic heterocycles. The highest BCUT2D eigenvalue weighted by Crippen LogP contribution is 2.13. The van der Waals surface area contributed by atoms with Crippen molar-refractivity contribution in [3.05, 3.63) is 59.7 Å². The first kappa shape index (κ1) is 23.3. The molecule has 2 rings (SSSR count). The summed E-state index contributed by atoms with van der Waals surface area (Å²) in [6.45, 7) is 0.818. The van der Waals surface area contributed by atoms with Crippen LogP contribution in [0.25, 0.3) is 0 Å². The second-order valence-electron chi connectivity index (χ2n) is 7.19. The molecule has 0 atom stereocenters. The molecule has 6 heteroatoms. The van der Waals surface area contributed by atoms with Crippen LogP contribution in [0, 0.1) is 0 Å². The van der Waals surface area contributed by atoms with Crippen LogP contribution in [0.15, 0.2) is 48.5 Å². The van der Waals surface area contributed by atoms with Gasteiger partial charge in [-0.1, -0.05) is 38.5 Å². The lowest BCUT2D eigenvalue weighted by Crippen LogP contribution is -2.06. The van der Waals surface area contributed by atoms with Crippen molar-refractivity contribution in [1.29, 1.82) is 0 Å². The van der Waals surface area contributed by atoms with Gasteiger partial charge in [-0.2, -0.15) is 0 Å². The number of benzene rings is 2. The molecule has 2 aromatic carbocycles. The van der Waals surface area contributed by atoms with Gasteiger partial charge in [-0.25, -0.2) is 9.59 Å². The number of rotatable bonds is 13. The Morgan fingerprint density at radius 1 is 0.533 bits per heavy atom. The van der Waals surface area contributed by atoms with Crippen LogP contribution in [0.3, 0.4) is 0 Å². The molecule has 0 aliphatic carbocycles. The molecule has 0 saturated heterocycles. The van der Waals surface area contributed by atoms with E-state index >= 15 is 0 Å². The summed E-state index contributed by atoms with van der Waals surface area (Å²) >= 11 is 0. The maximum Gasteiger partial charge on any atom is 0.338 e. The van der Waals surface area contributed by atoms with E-state index in [9.17, 15) is 19.8 Å². The first-order valence-corrected chi connectivity index (χ1v) is 10.5. The fourth-order valence-corrected chi connectivity index (χ4v) is 2.96. The number of hydrogen-bond acceptors (Lipinski definition) is 6. The first-order valence-electron chi connectivity index (χ1n) is 10.5. The van der Waals surface area contributed by atoms with Gasteiger partial charge in [-0.15, -0.1) is 0 Å². The minimum atomic E-state index is -0.360. The molecule has 0 aliphatic rings. The summed E-state index contributed by atoms with van der Waals surface area (Å²) < 4.78 is 10.4. The standard InChI is InChI=1S/C24H30O6/c25-21-13-9-19(10-14-21)23(27)29-17-7-5-3-1-2-4-6-8-18-30-24(28)20-11-15-22(26)16-12-20/h9-16,25-26H,1-8,17-18H2. The monoisotopic (exact) mass is 414 g/mol. The Morgan fingerprint density at radius 2 is 0.833 bits per heavy atom. The third kappa shape index (κ3) is 8.99. The van der Waals surface area contributed by atoms with Crippen molar-refractivity contribution in [2.75, 3.05) is 13.2 Å². The predicted molar refractivity (Wildman–Crippen MR) is 114 cm³/mol. The fourth-order valence-electron chi connectivity index (χ4n) is 2.96. The lowest BCUT2D eigenvalue weighted by molar-refractivity contribution is 0.0487. The molecule has 6 nitrogen and oxygen atoms in total. The lowest BCUT2D eigenvalue weighted by atomic mass is 10.1. The van der Waals surface area contributed by atoms with Crippen LogP contribution in [0.4, 0.5) is 0 Å². The molecule has 0 radical (unpaired) electrons. The van der Waals surface area contributed by atoms with Gasteiger partial charge < -0.3 is 19.7 Å². The van der Waals surface area contributed by atoms with Crippen molar-refractivity contribution in [2.45, 2.75) is 51.4 Å². The smallest absolute Gasteiger partial charge is 0.338 e. The minimum absolute atomic E-state index is 0.127. The quantitative estimate of drug-likeness (QED) is 0.344. The Hall–Kier alpha value is -3.02. The van der Waals surface area contributed by atoms with Crippen molar-refractivity contribution in [2.24, 2.45) is 0 Å². The summed E-state index contributed by atoms with van der Waals surface area (Å²) in [5, 5.41) is 18.4. The molecule has 0 bridgehead atoms. The van der Waals surface area contributed by atoms with Gasteiger partial charge in [-0.3, -0.25) is 0 Å². The summed E-state index contributed by atoms with van der Waals surface area (Å²) in [5.74, 6) is -0.467. The number of phenolic OH excluding ortho intramolecular Hbond substituents is 2. The number of esters is 2. The summed E-state index contributed by atoms with van der Waals surface area (Å²) in [6.07, 6.45) is 8.21. The van der Waals surface area contributed by atoms with Gasteiger partial charge >= 0.3 is 11.9 Å². The zero-order valence-corrected chi connectivity index (χ0v) is 17.2. The van der Waals surface area contributed by atoms with Crippen LogP contribution < -0.4 is 0 Å². The normalized spacial score (nSPS) is 10.5. The van der Waals surface area contributed by atoms with Gasteiger partial charge in [0.2, 0.25) is 0 Å². The molecular formula is C24H30O6. The average Bonchev–Trinajstić information content (AvgIpc) is 2.75. The van der Waals surface area contributed by atoms with Crippen molar-refractivity contribution in [3.63, 3.8) is 0 Å². The van der Waals surface area contributed by atoms with Crippen LogP contribution >= 0.6 is 0 Å². The highest BCUT2D eigenvalue weighted by atomic mass is 16.5. The lowest BCUT2D eigenvalue weighted by Gasteiger charge is -2.06. The highest BCUT2D eigenvalue weighted by Gasteiger charge is 2.07. The number of ether oxygens (including phenoxy) is 2. The van der Waals surface area contributed by atoms with Gasteiger partial charge in [0.05, 0.1) is 24.3 Å². The zero-order chi connectivity index (χ0) is 21.6. The van der Waals surface area contributed by atoms with E-state index in [4.69, 9.17) is 9.47 Å². The zero-order valence-electron chi connectivity index (χ0n) is 17.2. The van der Waals surface area contributed by atoms with Gasteiger partial charge in [0.15, 0.2) is 0 Å². The summed E-state index contributed by atoms with van der Waals surface area (Å²) in [7, 11) is 0. The maximum absolute atomic E-state index is 11.8. The Bertz CT molecular complexity index is 700. The van der Waals surface area contributed by atoms with Crippen LogP contribution in [0.1, 0.15) is 72.1 Å².